The fraction of sp³-hybridized carbons (Fsp3) is 0.316. The van der Waals surface area contributed by atoms with Crippen molar-refractivity contribution >= 4 is 11.7 Å². The molecule has 1 aliphatic heterocycles. The Balaban J connectivity index is 1.54. The lowest BCUT2D eigenvalue weighted by Crippen LogP contribution is -2.52. The van der Waals surface area contributed by atoms with Crippen molar-refractivity contribution < 1.29 is 18.0 Å². The summed E-state index contributed by atoms with van der Waals surface area (Å²) in [6, 6.07) is 9.82. The van der Waals surface area contributed by atoms with Crippen LogP contribution in [0, 0.1) is 24.4 Å². The molecule has 0 atom stereocenters. The Morgan fingerprint density at radius 1 is 0.962 bits per heavy atom. The zero-order valence-electron chi connectivity index (χ0n) is 14.4. The van der Waals surface area contributed by atoms with Gasteiger partial charge < -0.3 is 15.1 Å². The summed E-state index contributed by atoms with van der Waals surface area (Å²) in [4.78, 5) is 15.5. The SMILES string of the molecule is Cc1ccc(CNC(=O)N2CCN(c3ccc(F)c(F)c3F)CC2)cc1. The van der Waals surface area contributed by atoms with Crippen molar-refractivity contribution in [1.82, 2.24) is 10.2 Å². The van der Waals surface area contributed by atoms with Crippen LogP contribution in [0.3, 0.4) is 0 Å². The molecule has 3 rings (SSSR count). The van der Waals surface area contributed by atoms with Crippen LogP contribution in [0.4, 0.5) is 23.7 Å². The molecule has 0 aromatic heterocycles. The van der Waals surface area contributed by atoms with Crippen molar-refractivity contribution in [3.05, 3.63) is 65.0 Å². The molecule has 26 heavy (non-hydrogen) atoms. The predicted molar refractivity (Wildman–Crippen MR) is 93.5 cm³/mol. The second-order valence-electron chi connectivity index (χ2n) is 6.31. The van der Waals surface area contributed by atoms with Gasteiger partial charge in [0.1, 0.15) is 0 Å². The number of anilines is 1. The van der Waals surface area contributed by atoms with Crippen molar-refractivity contribution in [2.75, 3.05) is 31.1 Å². The molecule has 138 valence electrons. The predicted octanol–water partition coefficient (Wildman–Crippen LogP) is 3.44. The number of rotatable bonds is 3. The van der Waals surface area contributed by atoms with Gasteiger partial charge in [0.05, 0.1) is 5.69 Å². The summed E-state index contributed by atoms with van der Waals surface area (Å²) in [6.45, 7) is 3.87. The highest BCUT2D eigenvalue weighted by Gasteiger charge is 2.24. The van der Waals surface area contributed by atoms with Gasteiger partial charge in [0.15, 0.2) is 17.5 Å². The molecule has 0 saturated carbocycles. The second kappa shape index (κ2) is 7.68. The number of aryl methyl sites for hydroxylation is 1. The molecule has 1 saturated heterocycles. The van der Waals surface area contributed by atoms with E-state index in [9.17, 15) is 18.0 Å². The van der Waals surface area contributed by atoms with Gasteiger partial charge in [0, 0.05) is 32.7 Å². The van der Waals surface area contributed by atoms with Crippen molar-refractivity contribution in [2.24, 2.45) is 0 Å². The van der Waals surface area contributed by atoms with E-state index in [2.05, 4.69) is 5.32 Å². The van der Waals surface area contributed by atoms with E-state index < -0.39 is 17.5 Å². The van der Waals surface area contributed by atoms with Gasteiger partial charge in [0.25, 0.3) is 0 Å². The third-order valence-corrected chi connectivity index (χ3v) is 4.49. The molecule has 0 spiro atoms. The largest absolute Gasteiger partial charge is 0.366 e. The van der Waals surface area contributed by atoms with Gasteiger partial charge in [-0.1, -0.05) is 29.8 Å². The Hall–Kier alpha value is -2.70. The number of hydrogen-bond acceptors (Lipinski definition) is 2. The molecule has 0 radical (unpaired) electrons. The highest BCUT2D eigenvalue weighted by molar-refractivity contribution is 5.74. The number of benzene rings is 2. The van der Waals surface area contributed by atoms with Gasteiger partial charge in [-0.25, -0.2) is 18.0 Å². The summed E-state index contributed by atoms with van der Waals surface area (Å²) in [6.07, 6.45) is 0. The fourth-order valence-corrected chi connectivity index (χ4v) is 2.91. The number of amides is 2. The molecule has 2 amide bonds. The van der Waals surface area contributed by atoms with Crippen molar-refractivity contribution in [2.45, 2.75) is 13.5 Å². The number of carbonyl (C=O) groups excluding carboxylic acids is 1. The minimum Gasteiger partial charge on any atom is -0.366 e. The molecular formula is C19H20F3N3O. The van der Waals surface area contributed by atoms with Crippen LogP contribution < -0.4 is 10.2 Å². The van der Waals surface area contributed by atoms with Gasteiger partial charge in [-0.15, -0.1) is 0 Å². The summed E-state index contributed by atoms with van der Waals surface area (Å²) in [5, 5.41) is 2.86. The fourth-order valence-electron chi connectivity index (χ4n) is 2.91. The Bertz CT molecular complexity index is 787. The lowest BCUT2D eigenvalue weighted by Gasteiger charge is -2.36. The number of piperazine rings is 1. The van der Waals surface area contributed by atoms with Gasteiger partial charge >= 0.3 is 6.03 Å². The first-order valence-electron chi connectivity index (χ1n) is 8.42. The van der Waals surface area contributed by atoms with Crippen molar-refractivity contribution in [3.63, 3.8) is 0 Å². The molecule has 2 aromatic carbocycles. The van der Waals surface area contributed by atoms with Gasteiger partial charge in [-0.2, -0.15) is 0 Å². The molecule has 0 bridgehead atoms. The van der Waals surface area contributed by atoms with Crippen LogP contribution in [-0.4, -0.2) is 37.1 Å². The average molecular weight is 363 g/mol. The molecular weight excluding hydrogens is 343 g/mol. The van der Waals surface area contributed by atoms with Crippen molar-refractivity contribution in [3.8, 4) is 0 Å². The molecule has 0 aliphatic carbocycles. The van der Waals surface area contributed by atoms with Crippen LogP contribution >= 0.6 is 0 Å². The summed E-state index contributed by atoms with van der Waals surface area (Å²) >= 11 is 0. The molecule has 1 fully saturated rings. The Morgan fingerprint density at radius 2 is 1.62 bits per heavy atom. The summed E-state index contributed by atoms with van der Waals surface area (Å²) in [5.74, 6) is -3.87. The van der Waals surface area contributed by atoms with Crippen LogP contribution in [0.15, 0.2) is 36.4 Å². The lowest BCUT2D eigenvalue weighted by atomic mass is 10.1. The zero-order chi connectivity index (χ0) is 18.7. The van der Waals surface area contributed by atoms with Crippen LogP contribution in [0.25, 0.3) is 0 Å². The van der Waals surface area contributed by atoms with E-state index in [1.165, 1.54) is 6.07 Å². The first-order valence-corrected chi connectivity index (χ1v) is 8.42. The van der Waals surface area contributed by atoms with Crippen LogP contribution in [0.5, 0.6) is 0 Å². The maximum absolute atomic E-state index is 13.9. The van der Waals surface area contributed by atoms with Gasteiger partial charge in [-0.3, -0.25) is 0 Å². The van der Waals surface area contributed by atoms with E-state index in [0.717, 1.165) is 17.2 Å². The number of carbonyl (C=O) groups is 1. The number of nitrogens with zero attached hydrogens (tertiary/aromatic N) is 2. The van der Waals surface area contributed by atoms with Crippen LogP contribution in [-0.2, 0) is 6.54 Å². The smallest absolute Gasteiger partial charge is 0.317 e. The third-order valence-electron chi connectivity index (χ3n) is 4.49. The zero-order valence-corrected chi connectivity index (χ0v) is 14.4. The maximum atomic E-state index is 13.9. The van der Waals surface area contributed by atoms with Crippen LogP contribution in [0.2, 0.25) is 0 Å². The highest BCUT2D eigenvalue weighted by atomic mass is 19.2. The van der Waals surface area contributed by atoms with Gasteiger partial charge in [0.2, 0.25) is 0 Å². The van der Waals surface area contributed by atoms with Crippen molar-refractivity contribution in [1.29, 1.82) is 0 Å². The summed E-state index contributed by atoms with van der Waals surface area (Å²) < 4.78 is 40.3. The molecule has 2 aromatic rings. The Kier molecular flexibility index (Phi) is 5.35. The lowest BCUT2D eigenvalue weighted by molar-refractivity contribution is 0.194. The molecule has 1 N–H and O–H groups in total. The molecule has 1 aliphatic rings. The second-order valence-corrected chi connectivity index (χ2v) is 6.31. The number of hydrogen-bond donors (Lipinski definition) is 1. The Morgan fingerprint density at radius 3 is 2.27 bits per heavy atom. The molecule has 4 nitrogen and oxygen atoms in total. The minimum absolute atomic E-state index is 0.0172. The standard InChI is InChI=1S/C19H20F3N3O/c1-13-2-4-14(5-3-13)12-23-19(26)25-10-8-24(9-11-25)16-7-6-15(20)17(21)18(16)22/h2-7H,8-12H2,1H3,(H,23,26). The Labute approximate surface area is 150 Å². The number of nitrogens with one attached hydrogen (secondary N) is 1. The highest BCUT2D eigenvalue weighted by Crippen LogP contribution is 2.24. The quantitative estimate of drug-likeness (QED) is 0.848. The van der Waals surface area contributed by atoms with Crippen LogP contribution in [0.1, 0.15) is 11.1 Å². The first kappa shape index (κ1) is 18.1. The van der Waals surface area contributed by atoms with Gasteiger partial charge in [-0.05, 0) is 24.6 Å². The van der Waals surface area contributed by atoms with E-state index in [1.54, 1.807) is 9.80 Å². The monoisotopic (exact) mass is 363 g/mol. The first-order chi connectivity index (χ1) is 12.5. The minimum atomic E-state index is -1.47. The normalized spacial score (nSPS) is 14.5. The topological polar surface area (TPSA) is 35.6 Å². The number of urea groups is 1. The summed E-state index contributed by atoms with van der Waals surface area (Å²) in [5.41, 5.74) is 2.18. The molecule has 0 unspecified atom stereocenters. The average Bonchev–Trinajstić information content (AvgIpc) is 2.66. The summed E-state index contributed by atoms with van der Waals surface area (Å²) in [7, 11) is 0. The molecule has 7 heteroatoms. The van der Waals surface area contributed by atoms with E-state index >= 15 is 0 Å². The van der Waals surface area contributed by atoms with E-state index in [4.69, 9.17) is 0 Å². The van der Waals surface area contributed by atoms with E-state index in [0.29, 0.717) is 32.7 Å². The van der Waals surface area contributed by atoms with E-state index in [1.807, 2.05) is 31.2 Å². The third kappa shape index (κ3) is 3.92. The maximum Gasteiger partial charge on any atom is 0.317 e. The molecule has 1 heterocycles. The van der Waals surface area contributed by atoms with E-state index in [-0.39, 0.29) is 11.7 Å². The number of halogens is 3.